The molecule has 0 N–H and O–H groups in total. The molecular weight excluding hydrogens is 281 g/mol. The van der Waals surface area contributed by atoms with Crippen molar-refractivity contribution in [2.24, 2.45) is 0 Å². The normalized spacial score (nSPS) is 18.7. The van der Waals surface area contributed by atoms with Crippen molar-refractivity contribution in [1.29, 1.82) is 0 Å². The molecular formula is C15H22Ru. The van der Waals surface area contributed by atoms with Gasteiger partial charge in [0.1, 0.15) is 0 Å². The van der Waals surface area contributed by atoms with E-state index >= 15 is 0 Å². The Morgan fingerprint density at radius 3 is 1.88 bits per heavy atom. The Morgan fingerprint density at radius 1 is 0.938 bits per heavy atom. The molecule has 0 heterocycles. The molecule has 90 valence electrons. The summed E-state index contributed by atoms with van der Waals surface area (Å²) in [5.74, 6) is 0. The van der Waals surface area contributed by atoms with Crippen LogP contribution in [0.4, 0.5) is 0 Å². The van der Waals surface area contributed by atoms with Gasteiger partial charge in [0.2, 0.25) is 0 Å². The summed E-state index contributed by atoms with van der Waals surface area (Å²) in [6.45, 7) is 2.26. The summed E-state index contributed by atoms with van der Waals surface area (Å²) in [6.07, 6.45) is 21.9. The molecule has 0 aliphatic heterocycles. The van der Waals surface area contributed by atoms with Crippen LogP contribution < -0.4 is 0 Å². The Kier molecular flexibility index (Phi) is 8.35. The fraction of sp³-hybridized carbons (Fsp3) is 0.467. The second kappa shape index (κ2) is 9.78. The standard InChI is InChI=1S/C8H12.C5H5.C2H5.Ru/c1-2-4-6-8-7-5-3-1;1-2-4-5-3-1;1-2;/h1-2,7-8H,3-6H2;1-3H,4H2;1H2,2H3;. The molecule has 0 aromatic heterocycles. The van der Waals surface area contributed by atoms with E-state index in [4.69, 9.17) is 0 Å². The Hall–Kier alpha value is -0.417. The molecule has 0 spiro atoms. The molecule has 0 aromatic carbocycles. The fourth-order valence-electron chi connectivity index (χ4n) is 1.53. The molecule has 0 saturated carbocycles. The van der Waals surface area contributed by atoms with Gasteiger partial charge in [0.05, 0.1) is 0 Å². The van der Waals surface area contributed by atoms with Gasteiger partial charge in [0.25, 0.3) is 0 Å². The van der Waals surface area contributed by atoms with Crippen LogP contribution in [0.3, 0.4) is 0 Å². The van der Waals surface area contributed by atoms with Crippen molar-refractivity contribution >= 4 is 0 Å². The quantitative estimate of drug-likeness (QED) is 0.496. The van der Waals surface area contributed by atoms with E-state index in [1.165, 1.54) is 37.1 Å². The molecule has 0 radical (unpaired) electrons. The molecule has 2 aliphatic carbocycles. The van der Waals surface area contributed by atoms with Crippen molar-refractivity contribution in [3.8, 4) is 0 Å². The van der Waals surface area contributed by atoms with Crippen LogP contribution in [-0.2, 0) is 17.1 Å². The van der Waals surface area contributed by atoms with Crippen molar-refractivity contribution in [3.05, 3.63) is 46.7 Å². The third-order valence-corrected chi connectivity index (χ3v) is 4.38. The van der Waals surface area contributed by atoms with E-state index in [-0.39, 0.29) is 0 Å². The third-order valence-electron chi connectivity index (χ3n) is 2.34. The first kappa shape index (κ1) is 13.6. The van der Waals surface area contributed by atoms with Crippen molar-refractivity contribution in [2.45, 2.75) is 44.0 Å². The van der Waals surface area contributed by atoms with Crippen LogP contribution in [0.5, 0.6) is 0 Å². The predicted molar refractivity (Wildman–Crippen MR) is 69.1 cm³/mol. The Bertz CT molecular complexity index is 256. The molecule has 2 rings (SSSR count). The SMILES string of the molecule is C1=CCCC=CCC1.C[CH2][Ru][C]1=CC=CC1. The van der Waals surface area contributed by atoms with Crippen molar-refractivity contribution in [1.82, 2.24) is 0 Å². The zero-order chi connectivity index (χ0) is 11.5. The van der Waals surface area contributed by atoms with Crippen LogP contribution in [0.2, 0.25) is 5.02 Å². The zero-order valence-corrected chi connectivity index (χ0v) is 11.9. The number of hydrogen-bond donors (Lipinski definition) is 0. The molecule has 0 bridgehead atoms. The topological polar surface area (TPSA) is 0 Å². The number of allylic oxidation sites excluding steroid dienone is 8. The summed E-state index contributed by atoms with van der Waals surface area (Å²) < 4.78 is 1.68. The Balaban J connectivity index is 0.000000160. The van der Waals surface area contributed by atoms with E-state index in [1.807, 2.05) is 0 Å². The van der Waals surface area contributed by atoms with Crippen molar-refractivity contribution < 1.29 is 17.1 Å². The molecule has 16 heavy (non-hydrogen) atoms. The second-order valence-electron chi connectivity index (χ2n) is 3.70. The average molecular weight is 303 g/mol. The molecule has 1 heteroatoms. The Morgan fingerprint density at radius 2 is 1.50 bits per heavy atom. The zero-order valence-electron chi connectivity index (χ0n) is 10.1. The second-order valence-corrected chi connectivity index (χ2v) is 6.66. The maximum absolute atomic E-state index is 2.27. The van der Waals surface area contributed by atoms with E-state index in [9.17, 15) is 0 Å². The molecule has 0 amide bonds. The fourth-order valence-corrected chi connectivity index (χ4v) is 3.14. The monoisotopic (exact) mass is 304 g/mol. The molecule has 0 unspecified atom stereocenters. The molecule has 0 atom stereocenters. The van der Waals surface area contributed by atoms with Gasteiger partial charge in [0.15, 0.2) is 0 Å². The predicted octanol–water partition coefficient (Wildman–Crippen LogP) is 5.02. The van der Waals surface area contributed by atoms with E-state index in [2.05, 4.69) is 49.5 Å². The van der Waals surface area contributed by atoms with Gasteiger partial charge in [-0.1, -0.05) is 24.3 Å². The van der Waals surface area contributed by atoms with Gasteiger partial charge >= 0.3 is 57.9 Å². The third kappa shape index (κ3) is 6.96. The molecule has 2 aliphatic rings. The van der Waals surface area contributed by atoms with Crippen LogP contribution >= 0.6 is 0 Å². The van der Waals surface area contributed by atoms with Crippen LogP contribution in [0, 0.1) is 0 Å². The first-order chi connectivity index (χ1) is 7.93. The summed E-state index contributed by atoms with van der Waals surface area (Å²) in [7, 11) is 0. The summed E-state index contributed by atoms with van der Waals surface area (Å²) in [6, 6.07) is 0. The van der Waals surface area contributed by atoms with Crippen LogP contribution in [0.1, 0.15) is 39.0 Å². The number of rotatable bonds is 2. The first-order valence-electron chi connectivity index (χ1n) is 6.15. The summed E-state index contributed by atoms with van der Waals surface area (Å²) in [5.41, 5.74) is 0. The molecule has 0 nitrogen and oxygen atoms in total. The molecule has 0 fully saturated rings. The van der Waals surface area contributed by atoms with Gasteiger partial charge < -0.3 is 0 Å². The minimum atomic E-state index is 0.580. The van der Waals surface area contributed by atoms with Crippen molar-refractivity contribution in [3.63, 3.8) is 0 Å². The van der Waals surface area contributed by atoms with E-state index in [0.29, 0.717) is 17.1 Å². The average Bonchev–Trinajstić information content (AvgIpc) is 2.71. The van der Waals surface area contributed by atoms with Crippen LogP contribution in [-0.4, -0.2) is 0 Å². The number of hydrogen-bond acceptors (Lipinski definition) is 0. The van der Waals surface area contributed by atoms with Gasteiger partial charge in [-0.3, -0.25) is 0 Å². The minimum absolute atomic E-state index is 0.580. The molecule has 0 saturated heterocycles. The van der Waals surface area contributed by atoms with Crippen molar-refractivity contribution in [2.75, 3.05) is 0 Å². The summed E-state index contributed by atoms with van der Waals surface area (Å²) in [5, 5.41) is 1.38. The van der Waals surface area contributed by atoms with Gasteiger partial charge in [-0.2, -0.15) is 0 Å². The first-order valence-corrected chi connectivity index (χ1v) is 8.25. The summed E-state index contributed by atoms with van der Waals surface area (Å²) in [4.78, 5) is 0. The van der Waals surface area contributed by atoms with E-state index in [0.717, 1.165) is 0 Å². The van der Waals surface area contributed by atoms with Crippen LogP contribution in [0.15, 0.2) is 46.7 Å². The van der Waals surface area contributed by atoms with E-state index < -0.39 is 0 Å². The van der Waals surface area contributed by atoms with Crippen LogP contribution in [0.25, 0.3) is 0 Å². The van der Waals surface area contributed by atoms with E-state index in [1.54, 1.807) is 4.17 Å². The van der Waals surface area contributed by atoms with Gasteiger partial charge in [0, 0.05) is 0 Å². The Labute approximate surface area is 108 Å². The summed E-state index contributed by atoms with van der Waals surface area (Å²) >= 11 is 0.580. The maximum atomic E-state index is 2.27. The van der Waals surface area contributed by atoms with Gasteiger partial charge in [-0.15, -0.1) is 0 Å². The van der Waals surface area contributed by atoms with Gasteiger partial charge in [-0.25, -0.2) is 0 Å². The van der Waals surface area contributed by atoms with Gasteiger partial charge in [-0.05, 0) is 25.7 Å². The molecule has 0 aromatic rings.